The van der Waals surface area contributed by atoms with E-state index in [0.29, 0.717) is 0 Å². The number of hydrogen-bond acceptors (Lipinski definition) is 0. The van der Waals surface area contributed by atoms with Crippen molar-refractivity contribution in [3.8, 4) is 0 Å². The third-order valence-corrected chi connectivity index (χ3v) is 3.18. The Morgan fingerprint density at radius 3 is 1.69 bits per heavy atom. The lowest BCUT2D eigenvalue weighted by Gasteiger charge is -2.03. The number of halogens is 1. The Morgan fingerprint density at radius 2 is 1.23 bits per heavy atom. The Hall–Kier alpha value is 0.730. The number of rotatable bonds is 9. The van der Waals surface area contributed by atoms with Crippen LogP contribution in [-0.2, 0) is 0 Å². The van der Waals surface area contributed by atoms with E-state index in [-0.39, 0.29) is 0 Å². The molecule has 0 unspecified atom stereocenters. The van der Waals surface area contributed by atoms with Crippen molar-refractivity contribution in [3.63, 3.8) is 0 Å². The van der Waals surface area contributed by atoms with Gasteiger partial charge in [0.15, 0.2) is 0 Å². The van der Waals surface area contributed by atoms with Gasteiger partial charge in [0.05, 0.1) is 0 Å². The van der Waals surface area contributed by atoms with Crippen LogP contribution < -0.4 is 0 Å². The standard InChI is InChI=1S/C12H25I/c1-12(2)10-8-6-4-3-5-7-9-11-13/h12H,3-11H2,1-2H3. The van der Waals surface area contributed by atoms with Gasteiger partial charge in [-0.2, -0.15) is 0 Å². The molecule has 0 heterocycles. The van der Waals surface area contributed by atoms with E-state index in [1.807, 2.05) is 0 Å². The van der Waals surface area contributed by atoms with Crippen LogP contribution in [0.3, 0.4) is 0 Å². The molecule has 0 rings (SSSR count). The van der Waals surface area contributed by atoms with Gasteiger partial charge in [0, 0.05) is 0 Å². The smallest absolute Gasteiger partial charge is 0.000473 e. The molecule has 80 valence electrons. The molecular weight excluding hydrogens is 271 g/mol. The zero-order chi connectivity index (χ0) is 9.94. The Labute approximate surface area is 98.0 Å². The Kier molecular flexibility index (Phi) is 11.4. The first-order valence-electron chi connectivity index (χ1n) is 5.83. The molecular formula is C12H25I. The molecule has 0 saturated carbocycles. The maximum atomic E-state index is 2.47. The molecule has 0 bridgehead atoms. The summed E-state index contributed by atoms with van der Waals surface area (Å²) in [4.78, 5) is 0. The second-order valence-electron chi connectivity index (χ2n) is 4.35. The maximum absolute atomic E-state index is 2.47. The van der Waals surface area contributed by atoms with Crippen LogP contribution in [0.1, 0.15) is 65.2 Å². The lowest BCUT2D eigenvalue weighted by molar-refractivity contribution is 0.511. The van der Waals surface area contributed by atoms with E-state index in [9.17, 15) is 0 Å². The van der Waals surface area contributed by atoms with Crippen molar-refractivity contribution in [3.05, 3.63) is 0 Å². The van der Waals surface area contributed by atoms with Gasteiger partial charge >= 0.3 is 0 Å². The van der Waals surface area contributed by atoms with Crippen LogP contribution in [-0.4, -0.2) is 4.43 Å². The van der Waals surface area contributed by atoms with Crippen LogP contribution in [0.4, 0.5) is 0 Å². The summed E-state index contributed by atoms with van der Waals surface area (Å²) in [5, 5.41) is 0. The molecule has 0 aromatic carbocycles. The highest BCUT2D eigenvalue weighted by Gasteiger charge is 1.94. The van der Waals surface area contributed by atoms with Gasteiger partial charge in [-0.05, 0) is 16.8 Å². The molecule has 0 aromatic heterocycles. The van der Waals surface area contributed by atoms with E-state index in [4.69, 9.17) is 0 Å². The normalized spacial score (nSPS) is 11.1. The van der Waals surface area contributed by atoms with Crippen LogP contribution in [0.25, 0.3) is 0 Å². The first-order valence-corrected chi connectivity index (χ1v) is 7.36. The number of alkyl halides is 1. The average molecular weight is 296 g/mol. The predicted molar refractivity (Wildman–Crippen MR) is 70.7 cm³/mol. The highest BCUT2D eigenvalue weighted by atomic mass is 127. The average Bonchev–Trinajstić information content (AvgIpc) is 2.09. The Morgan fingerprint density at radius 1 is 0.769 bits per heavy atom. The summed E-state index contributed by atoms with van der Waals surface area (Å²) >= 11 is 2.47. The van der Waals surface area contributed by atoms with Crippen LogP contribution in [0, 0.1) is 5.92 Å². The molecule has 0 aromatic rings. The minimum Gasteiger partial charge on any atom is -0.0864 e. The van der Waals surface area contributed by atoms with E-state index >= 15 is 0 Å². The summed E-state index contributed by atoms with van der Waals surface area (Å²) in [6.45, 7) is 4.64. The van der Waals surface area contributed by atoms with E-state index < -0.39 is 0 Å². The van der Waals surface area contributed by atoms with E-state index in [1.165, 1.54) is 55.8 Å². The zero-order valence-electron chi connectivity index (χ0n) is 9.32. The molecule has 0 aliphatic carbocycles. The fourth-order valence-electron chi connectivity index (χ4n) is 1.53. The Balaban J connectivity index is 2.84. The van der Waals surface area contributed by atoms with E-state index in [2.05, 4.69) is 36.4 Å². The van der Waals surface area contributed by atoms with Gasteiger partial charge in [0.1, 0.15) is 0 Å². The summed E-state index contributed by atoms with van der Waals surface area (Å²) in [6.07, 6.45) is 11.6. The molecule has 0 atom stereocenters. The molecule has 0 fully saturated rings. The first-order chi connectivity index (χ1) is 6.27. The third-order valence-electron chi connectivity index (χ3n) is 2.42. The summed E-state index contributed by atoms with van der Waals surface area (Å²) in [6, 6.07) is 0. The molecule has 0 radical (unpaired) electrons. The second-order valence-corrected chi connectivity index (χ2v) is 5.43. The minimum absolute atomic E-state index is 0.902. The third kappa shape index (κ3) is 12.7. The molecule has 0 saturated heterocycles. The Bertz CT molecular complexity index is 89.1. The molecule has 0 spiro atoms. The van der Waals surface area contributed by atoms with Crippen molar-refractivity contribution < 1.29 is 0 Å². The fourth-order valence-corrected chi connectivity index (χ4v) is 2.07. The predicted octanol–water partition coefficient (Wildman–Crippen LogP) is 5.20. The summed E-state index contributed by atoms with van der Waals surface area (Å²) < 4.78 is 1.34. The van der Waals surface area contributed by atoms with Crippen molar-refractivity contribution >= 4 is 22.6 Å². The second kappa shape index (κ2) is 10.8. The monoisotopic (exact) mass is 296 g/mol. The lowest BCUT2D eigenvalue weighted by Crippen LogP contribution is -1.87. The van der Waals surface area contributed by atoms with Crippen LogP contribution in [0.5, 0.6) is 0 Å². The van der Waals surface area contributed by atoms with Crippen molar-refractivity contribution in [2.24, 2.45) is 5.92 Å². The molecule has 0 N–H and O–H groups in total. The fraction of sp³-hybridized carbons (Fsp3) is 1.00. The molecule has 0 aliphatic rings. The zero-order valence-corrected chi connectivity index (χ0v) is 11.5. The maximum Gasteiger partial charge on any atom is -0.000473 e. The van der Waals surface area contributed by atoms with Gasteiger partial charge in [-0.15, -0.1) is 0 Å². The summed E-state index contributed by atoms with van der Waals surface area (Å²) in [7, 11) is 0. The summed E-state index contributed by atoms with van der Waals surface area (Å²) in [5.74, 6) is 0.902. The van der Waals surface area contributed by atoms with Gasteiger partial charge in [-0.1, -0.05) is 81.4 Å². The largest absolute Gasteiger partial charge is 0.0864 e. The van der Waals surface area contributed by atoms with E-state index in [1.54, 1.807) is 0 Å². The van der Waals surface area contributed by atoms with Crippen LogP contribution in [0.15, 0.2) is 0 Å². The first kappa shape index (κ1) is 13.7. The van der Waals surface area contributed by atoms with Gasteiger partial charge in [0.25, 0.3) is 0 Å². The van der Waals surface area contributed by atoms with Gasteiger partial charge in [0.2, 0.25) is 0 Å². The quantitative estimate of drug-likeness (QED) is 0.312. The van der Waals surface area contributed by atoms with Gasteiger partial charge < -0.3 is 0 Å². The van der Waals surface area contributed by atoms with E-state index in [0.717, 1.165) is 5.92 Å². The highest BCUT2D eigenvalue weighted by molar-refractivity contribution is 14.1. The van der Waals surface area contributed by atoms with Crippen molar-refractivity contribution in [1.29, 1.82) is 0 Å². The molecule has 0 amide bonds. The SMILES string of the molecule is CC(C)CCCCCCCCCI. The van der Waals surface area contributed by atoms with Crippen LogP contribution >= 0.6 is 22.6 Å². The van der Waals surface area contributed by atoms with Crippen molar-refractivity contribution in [2.45, 2.75) is 65.2 Å². The topological polar surface area (TPSA) is 0 Å². The van der Waals surface area contributed by atoms with Crippen molar-refractivity contribution in [1.82, 2.24) is 0 Å². The van der Waals surface area contributed by atoms with Gasteiger partial charge in [-0.25, -0.2) is 0 Å². The minimum atomic E-state index is 0.902. The summed E-state index contributed by atoms with van der Waals surface area (Å²) in [5.41, 5.74) is 0. The molecule has 13 heavy (non-hydrogen) atoms. The highest BCUT2D eigenvalue weighted by Crippen LogP contribution is 2.12. The lowest BCUT2D eigenvalue weighted by atomic mass is 10.0. The molecule has 0 nitrogen and oxygen atoms in total. The number of unbranched alkanes of at least 4 members (excludes halogenated alkanes) is 6. The van der Waals surface area contributed by atoms with Crippen molar-refractivity contribution in [2.75, 3.05) is 4.43 Å². The molecule has 1 heteroatoms. The van der Waals surface area contributed by atoms with Crippen LogP contribution in [0.2, 0.25) is 0 Å². The number of hydrogen-bond donors (Lipinski definition) is 0. The molecule has 0 aliphatic heterocycles. The van der Waals surface area contributed by atoms with Gasteiger partial charge in [-0.3, -0.25) is 0 Å².